The zero-order valence-corrected chi connectivity index (χ0v) is 16.6. The Kier molecular flexibility index (Phi) is 6.14. The van der Waals surface area contributed by atoms with Crippen LogP contribution in [0.3, 0.4) is 0 Å². The molecule has 2 heterocycles. The zero-order valence-electron chi connectivity index (χ0n) is 16.6. The van der Waals surface area contributed by atoms with E-state index in [0.29, 0.717) is 6.07 Å². The Bertz CT molecular complexity index is 958. The van der Waals surface area contributed by atoms with Crippen molar-refractivity contribution in [1.82, 2.24) is 9.88 Å². The molecule has 1 aromatic heterocycles. The van der Waals surface area contributed by atoms with Crippen molar-refractivity contribution in [1.29, 1.82) is 0 Å². The molecule has 0 unspecified atom stereocenters. The van der Waals surface area contributed by atoms with E-state index < -0.39 is 48.0 Å². The molecule has 0 aliphatic carbocycles. The van der Waals surface area contributed by atoms with Crippen LogP contribution in [0.2, 0.25) is 0 Å². The van der Waals surface area contributed by atoms with Gasteiger partial charge in [-0.25, -0.2) is 18.6 Å². The third-order valence-corrected chi connectivity index (χ3v) is 4.83. The monoisotopic (exact) mass is 442 g/mol. The predicted molar refractivity (Wildman–Crippen MR) is 102 cm³/mol. The zero-order chi connectivity index (χ0) is 22.9. The second-order valence-corrected chi connectivity index (χ2v) is 7.44. The Morgan fingerprint density at radius 3 is 2.35 bits per heavy atom. The molecule has 0 spiro atoms. The normalized spacial score (nSPS) is 16.9. The van der Waals surface area contributed by atoms with E-state index in [9.17, 15) is 31.5 Å². The predicted octanol–water partition coefficient (Wildman–Crippen LogP) is 4.28. The van der Waals surface area contributed by atoms with Gasteiger partial charge < -0.3 is 10.2 Å². The van der Waals surface area contributed by atoms with Gasteiger partial charge in [0.1, 0.15) is 23.9 Å². The van der Waals surface area contributed by atoms with Gasteiger partial charge in [-0.1, -0.05) is 13.8 Å². The van der Waals surface area contributed by atoms with Crippen molar-refractivity contribution >= 4 is 23.3 Å². The van der Waals surface area contributed by atoms with Crippen molar-refractivity contribution in [2.45, 2.75) is 26.1 Å². The van der Waals surface area contributed by atoms with Crippen LogP contribution < -0.4 is 10.2 Å². The first-order valence-corrected chi connectivity index (χ1v) is 9.33. The molecule has 31 heavy (non-hydrogen) atoms. The van der Waals surface area contributed by atoms with Crippen LogP contribution in [0.1, 0.15) is 19.5 Å². The molecule has 1 fully saturated rings. The van der Waals surface area contributed by atoms with Crippen LogP contribution in [0, 0.1) is 17.6 Å². The molecular formula is C20H19F5N4O2. The van der Waals surface area contributed by atoms with Crippen molar-refractivity contribution in [2.24, 2.45) is 5.92 Å². The Balaban J connectivity index is 1.76. The summed E-state index contributed by atoms with van der Waals surface area (Å²) in [5, 5.41) is 2.34. The summed E-state index contributed by atoms with van der Waals surface area (Å²) in [7, 11) is 0. The quantitative estimate of drug-likeness (QED) is 0.703. The molecule has 0 bridgehead atoms. The second-order valence-electron chi connectivity index (χ2n) is 7.44. The molecular weight excluding hydrogens is 423 g/mol. The van der Waals surface area contributed by atoms with Gasteiger partial charge in [-0.15, -0.1) is 0 Å². The van der Waals surface area contributed by atoms with Crippen LogP contribution in [-0.2, 0) is 11.0 Å². The summed E-state index contributed by atoms with van der Waals surface area (Å²) in [5.74, 6) is -2.48. The van der Waals surface area contributed by atoms with Crippen LogP contribution in [0.4, 0.5) is 38.1 Å². The van der Waals surface area contributed by atoms with Crippen LogP contribution in [0.25, 0.3) is 0 Å². The summed E-state index contributed by atoms with van der Waals surface area (Å²) in [4.78, 5) is 31.2. The number of halogens is 5. The number of anilines is 2. The van der Waals surface area contributed by atoms with Crippen LogP contribution in [0.5, 0.6) is 0 Å². The average molecular weight is 442 g/mol. The average Bonchev–Trinajstić information content (AvgIpc) is 2.97. The number of alkyl halides is 3. The molecule has 11 heteroatoms. The fraction of sp³-hybridized carbons (Fsp3) is 0.350. The van der Waals surface area contributed by atoms with Crippen molar-refractivity contribution in [3.63, 3.8) is 0 Å². The number of amides is 3. The Morgan fingerprint density at radius 1 is 1.19 bits per heavy atom. The molecule has 6 nitrogen and oxygen atoms in total. The fourth-order valence-corrected chi connectivity index (χ4v) is 3.33. The summed E-state index contributed by atoms with van der Waals surface area (Å²) in [6, 6.07) is 3.46. The number of carbonyl (C=O) groups is 2. The Labute approximate surface area is 174 Å². The number of hydrogen-bond donors (Lipinski definition) is 1. The van der Waals surface area contributed by atoms with E-state index in [-0.39, 0.29) is 23.8 Å². The largest absolute Gasteiger partial charge is 0.433 e. The summed E-state index contributed by atoms with van der Waals surface area (Å²) < 4.78 is 64.8. The molecule has 2 aromatic rings. The minimum Gasteiger partial charge on any atom is -0.324 e. The number of carbonyl (C=O) groups excluding carboxylic acids is 2. The smallest absolute Gasteiger partial charge is 0.324 e. The topological polar surface area (TPSA) is 65.5 Å². The number of nitrogens with zero attached hydrogens (tertiary/aromatic N) is 3. The van der Waals surface area contributed by atoms with Gasteiger partial charge in [0, 0.05) is 18.3 Å². The van der Waals surface area contributed by atoms with Gasteiger partial charge in [0.2, 0.25) is 5.91 Å². The number of hydrogen-bond acceptors (Lipinski definition) is 3. The molecule has 1 saturated heterocycles. The lowest BCUT2D eigenvalue weighted by Gasteiger charge is -2.25. The number of rotatable bonds is 5. The molecule has 3 rings (SSSR count). The number of urea groups is 1. The maximum absolute atomic E-state index is 13.3. The van der Waals surface area contributed by atoms with E-state index in [1.807, 2.05) is 13.8 Å². The number of aromatic nitrogens is 1. The summed E-state index contributed by atoms with van der Waals surface area (Å²) >= 11 is 0. The highest BCUT2D eigenvalue weighted by Crippen LogP contribution is 2.31. The number of benzene rings is 1. The van der Waals surface area contributed by atoms with Crippen molar-refractivity contribution in [3.05, 3.63) is 53.9 Å². The molecule has 1 N–H and O–H groups in total. The van der Waals surface area contributed by atoms with E-state index in [0.717, 1.165) is 30.5 Å². The third-order valence-electron chi connectivity index (χ3n) is 4.83. The van der Waals surface area contributed by atoms with E-state index in [2.05, 4.69) is 10.3 Å². The van der Waals surface area contributed by atoms with Crippen LogP contribution >= 0.6 is 0 Å². The van der Waals surface area contributed by atoms with Gasteiger partial charge >= 0.3 is 12.2 Å². The van der Waals surface area contributed by atoms with E-state index >= 15 is 0 Å². The molecule has 0 saturated carbocycles. The molecule has 0 radical (unpaired) electrons. The minimum absolute atomic E-state index is 0.0734. The first kappa shape index (κ1) is 22.4. The van der Waals surface area contributed by atoms with E-state index in [1.54, 1.807) is 0 Å². The van der Waals surface area contributed by atoms with Crippen LogP contribution in [-0.4, -0.2) is 41.0 Å². The lowest BCUT2D eigenvalue weighted by Crippen LogP contribution is -2.42. The summed E-state index contributed by atoms with van der Waals surface area (Å²) in [6.07, 6.45) is -3.65. The minimum atomic E-state index is -4.60. The molecule has 1 aromatic carbocycles. The third kappa shape index (κ3) is 5.09. The lowest BCUT2D eigenvalue weighted by atomic mass is 10.0. The second kappa shape index (κ2) is 8.48. The number of pyridine rings is 1. The van der Waals surface area contributed by atoms with Gasteiger partial charge in [-0.2, -0.15) is 13.2 Å². The van der Waals surface area contributed by atoms with Crippen molar-refractivity contribution < 1.29 is 31.5 Å². The van der Waals surface area contributed by atoms with Gasteiger partial charge in [-0.05, 0) is 30.2 Å². The number of nitrogens with one attached hydrogen (secondary N) is 1. The van der Waals surface area contributed by atoms with Gasteiger partial charge in [0.15, 0.2) is 0 Å². The highest BCUT2D eigenvalue weighted by molar-refractivity contribution is 5.99. The lowest BCUT2D eigenvalue weighted by molar-refractivity contribution is -0.141. The van der Waals surface area contributed by atoms with Gasteiger partial charge in [0.25, 0.3) is 0 Å². The highest BCUT2D eigenvalue weighted by Gasteiger charge is 2.41. The van der Waals surface area contributed by atoms with E-state index in [1.165, 1.54) is 9.80 Å². The highest BCUT2D eigenvalue weighted by atomic mass is 19.4. The Hall–Kier alpha value is -3.24. The van der Waals surface area contributed by atoms with E-state index in [4.69, 9.17) is 0 Å². The van der Waals surface area contributed by atoms with Crippen LogP contribution in [0.15, 0.2) is 36.5 Å². The van der Waals surface area contributed by atoms with Crippen molar-refractivity contribution in [2.75, 3.05) is 23.3 Å². The molecule has 1 aliphatic rings. The first-order chi connectivity index (χ1) is 14.5. The first-order valence-electron chi connectivity index (χ1n) is 9.33. The van der Waals surface area contributed by atoms with Gasteiger partial charge in [0.05, 0.1) is 17.9 Å². The fourth-order valence-electron chi connectivity index (χ4n) is 3.33. The summed E-state index contributed by atoms with van der Waals surface area (Å²) in [6.45, 7) is 3.41. The molecule has 166 valence electrons. The Morgan fingerprint density at radius 2 is 1.84 bits per heavy atom. The maximum Gasteiger partial charge on any atom is 0.433 e. The van der Waals surface area contributed by atoms with Crippen molar-refractivity contribution in [3.8, 4) is 0 Å². The maximum atomic E-state index is 13.3. The summed E-state index contributed by atoms with van der Waals surface area (Å²) in [5.41, 5.74) is -1.01. The standard InChI is InChI=1S/C20H19F5N4O2/c1-11(2)16-9-28(15-3-4-17(26-8-15)20(23,24)25)19(31)29(16)10-18(30)27-14-6-12(21)5-13(22)7-14/h3-8,11,16H,9-10H2,1-2H3,(H,27,30)/t16-/m1/s1. The molecule has 1 aliphatic heterocycles. The molecule has 1 atom stereocenters. The van der Waals surface area contributed by atoms with Gasteiger partial charge in [-0.3, -0.25) is 9.69 Å². The molecule has 3 amide bonds. The SMILES string of the molecule is CC(C)[C@H]1CN(c2ccc(C(F)(F)F)nc2)C(=O)N1CC(=O)Nc1cc(F)cc(F)c1.